The third kappa shape index (κ3) is 2.51. The fourth-order valence-electron chi connectivity index (χ4n) is 2.31. The van der Waals surface area contributed by atoms with E-state index in [1.165, 1.54) is 0 Å². The van der Waals surface area contributed by atoms with Gasteiger partial charge in [0.05, 0.1) is 6.54 Å². The Kier molecular flexibility index (Phi) is 4.32. The number of hydrogen-bond donors (Lipinski definition) is 1. The van der Waals surface area contributed by atoms with Crippen molar-refractivity contribution in [1.29, 1.82) is 0 Å². The van der Waals surface area contributed by atoms with Gasteiger partial charge >= 0.3 is 0 Å². The zero-order chi connectivity index (χ0) is 13.1. The summed E-state index contributed by atoms with van der Waals surface area (Å²) in [5.41, 5.74) is -0.704. The third-order valence-corrected chi connectivity index (χ3v) is 3.61. The topological polar surface area (TPSA) is 49.4 Å². The molecule has 96 valence electrons. The van der Waals surface area contributed by atoms with E-state index in [1.807, 2.05) is 20.8 Å². The van der Waals surface area contributed by atoms with Gasteiger partial charge < -0.3 is 10.2 Å². The molecule has 4 nitrogen and oxygen atoms in total. The summed E-state index contributed by atoms with van der Waals surface area (Å²) in [6, 6.07) is 0.0310. The van der Waals surface area contributed by atoms with Gasteiger partial charge in [0.1, 0.15) is 5.54 Å². The van der Waals surface area contributed by atoms with Crippen LogP contribution in [0.2, 0.25) is 0 Å². The van der Waals surface area contributed by atoms with Crippen LogP contribution in [0.4, 0.5) is 0 Å². The van der Waals surface area contributed by atoms with Crippen LogP contribution < -0.4 is 5.32 Å². The second-order valence-electron chi connectivity index (χ2n) is 4.64. The molecule has 0 aromatic carbocycles. The highest BCUT2D eigenvalue weighted by molar-refractivity contribution is 5.98. The number of amides is 2. The molecule has 0 aromatic rings. The van der Waals surface area contributed by atoms with Gasteiger partial charge in [0.25, 0.3) is 0 Å². The number of nitrogens with one attached hydrogen (secondary N) is 1. The summed E-state index contributed by atoms with van der Waals surface area (Å²) in [5.74, 6) is -0.0272. The predicted octanol–water partition coefficient (Wildman–Crippen LogP) is 1.47. The van der Waals surface area contributed by atoms with Crippen molar-refractivity contribution < 1.29 is 9.59 Å². The average Bonchev–Trinajstić information content (AvgIpc) is 2.32. The summed E-state index contributed by atoms with van der Waals surface area (Å²) in [7, 11) is 0. The summed E-state index contributed by atoms with van der Waals surface area (Å²) in [6.45, 7) is 9.66. The first-order valence-corrected chi connectivity index (χ1v) is 6.23. The first-order chi connectivity index (χ1) is 8.00. The molecule has 0 saturated carbocycles. The minimum atomic E-state index is -0.704. The molecule has 0 radical (unpaired) electrons. The average molecular weight is 238 g/mol. The van der Waals surface area contributed by atoms with Crippen molar-refractivity contribution in [2.45, 2.75) is 51.6 Å². The van der Waals surface area contributed by atoms with Crippen LogP contribution in [0, 0.1) is 0 Å². The molecule has 17 heavy (non-hydrogen) atoms. The Morgan fingerprint density at radius 1 is 1.47 bits per heavy atom. The highest BCUT2D eigenvalue weighted by atomic mass is 16.2. The van der Waals surface area contributed by atoms with Gasteiger partial charge in [-0.15, -0.1) is 6.58 Å². The number of carbonyl (C=O) groups is 2. The van der Waals surface area contributed by atoms with Crippen LogP contribution in [0.15, 0.2) is 12.7 Å². The lowest BCUT2D eigenvalue weighted by molar-refractivity contribution is -0.152. The summed E-state index contributed by atoms with van der Waals surface area (Å²) in [6.07, 6.45) is 3.75. The lowest BCUT2D eigenvalue weighted by Gasteiger charge is -2.43. The van der Waals surface area contributed by atoms with Crippen LogP contribution in [0.5, 0.6) is 0 Å². The zero-order valence-corrected chi connectivity index (χ0v) is 11.0. The Bertz CT molecular complexity index is 321. The van der Waals surface area contributed by atoms with Crippen LogP contribution in [-0.4, -0.2) is 34.8 Å². The maximum absolute atomic E-state index is 12.4. The molecule has 1 N–H and O–H groups in total. The van der Waals surface area contributed by atoms with Gasteiger partial charge in [-0.2, -0.15) is 0 Å². The predicted molar refractivity (Wildman–Crippen MR) is 67.4 cm³/mol. The van der Waals surface area contributed by atoms with Gasteiger partial charge in [-0.05, 0) is 26.2 Å². The Morgan fingerprint density at radius 3 is 2.53 bits per heavy atom. The summed E-state index contributed by atoms with van der Waals surface area (Å²) >= 11 is 0. The molecule has 4 heteroatoms. The van der Waals surface area contributed by atoms with E-state index in [9.17, 15) is 9.59 Å². The maximum atomic E-state index is 12.4. The van der Waals surface area contributed by atoms with E-state index in [2.05, 4.69) is 11.9 Å². The van der Waals surface area contributed by atoms with Crippen molar-refractivity contribution in [1.82, 2.24) is 10.2 Å². The molecule has 1 heterocycles. The second-order valence-corrected chi connectivity index (χ2v) is 4.64. The molecular weight excluding hydrogens is 216 g/mol. The molecule has 1 rings (SSSR count). The quantitative estimate of drug-likeness (QED) is 0.737. The van der Waals surface area contributed by atoms with Crippen LogP contribution in [-0.2, 0) is 9.59 Å². The van der Waals surface area contributed by atoms with Crippen LogP contribution >= 0.6 is 0 Å². The lowest BCUT2D eigenvalue weighted by Crippen LogP contribution is -2.67. The molecule has 1 aliphatic rings. The van der Waals surface area contributed by atoms with E-state index in [0.29, 0.717) is 19.3 Å². The van der Waals surface area contributed by atoms with E-state index in [0.717, 1.165) is 0 Å². The van der Waals surface area contributed by atoms with Crippen LogP contribution in [0.1, 0.15) is 40.0 Å². The minimum Gasteiger partial charge on any atom is -0.340 e. The van der Waals surface area contributed by atoms with E-state index in [1.54, 1.807) is 11.0 Å². The number of carbonyl (C=O) groups excluding carboxylic acids is 2. The molecule has 0 aromatic heterocycles. The first kappa shape index (κ1) is 13.7. The van der Waals surface area contributed by atoms with E-state index in [4.69, 9.17) is 0 Å². The van der Waals surface area contributed by atoms with Gasteiger partial charge in [-0.3, -0.25) is 9.59 Å². The third-order valence-electron chi connectivity index (χ3n) is 3.61. The summed E-state index contributed by atoms with van der Waals surface area (Å²) in [5, 5.41) is 2.85. The fourth-order valence-corrected chi connectivity index (χ4v) is 2.31. The molecule has 0 spiro atoms. The summed E-state index contributed by atoms with van der Waals surface area (Å²) in [4.78, 5) is 25.9. The van der Waals surface area contributed by atoms with Crippen molar-refractivity contribution in [2.75, 3.05) is 6.54 Å². The van der Waals surface area contributed by atoms with E-state index in [-0.39, 0.29) is 24.4 Å². The van der Waals surface area contributed by atoms with Gasteiger partial charge in [0.15, 0.2) is 0 Å². The van der Waals surface area contributed by atoms with Gasteiger partial charge in [0.2, 0.25) is 11.8 Å². The second kappa shape index (κ2) is 5.34. The van der Waals surface area contributed by atoms with Gasteiger partial charge in [0, 0.05) is 6.04 Å². The normalized spacial score (nSPS) is 21.0. The SMILES string of the molecule is C=CCC(C)N1CC(=O)NC(CC)(CC)C1=O. The monoisotopic (exact) mass is 238 g/mol. The Labute approximate surface area is 103 Å². The number of hydrogen-bond acceptors (Lipinski definition) is 2. The highest BCUT2D eigenvalue weighted by Crippen LogP contribution is 2.24. The van der Waals surface area contributed by atoms with E-state index < -0.39 is 5.54 Å². The molecular formula is C13H22N2O2. The van der Waals surface area contributed by atoms with Crippen molar-refractivity contribution in [3.05, 3.63) is 12.7 Å². The molecule has 1 atom stereocenters. The number of nitrogens with zero attached hydrogens (tertiary/aromatic N) is 1. The molecule has 1 saturated heterocycles. The maximum Gasteiger partial charge on any atom is 0.249 e. The highest BCUT2D eigenvalue weighted by Gasteiger charge is 2.44. The standard InChI is InChI=1S/C13H22N2O2/c1-5-8-10(4)15-9-11(16)14-13(6-2,7-3)12(15)17/h5,10H,1,6-9H2,2-4H3,(H,14,16). The Hall–Kier alpha value is -1.32. The minimum absolute atomic E-state index is 0.0310. The van der Waals surface area contributed by atoms with Gasteiger partial charge in [-0.25, -0.2) is 0 Å². The number of rotatable bonds is 5. The number of piperazine rings is 1. The largest absolute Gasteiger partial charge is 0.340 e. The Balaban J connectivity index is 2.96. The van der Waals surface area contributed by atoms with Crippen LogP contribution in [0.3, 0.4) is 0 Å². The van der Waals surface area contributed by atoms with Crippen LogP contribution in [0.25, 0.3) is 0 Å². The fraction of sp³-hybridized carbons (Fsp3) is 0.692. The van der Waals surface area contributed by atoms with E-state index >= 15 is 0 Å². The van der Waals surface area contributed by atoms with Crippen molar-refractivity contribution in [2.24, 2.45) is 0 Å². The molecule has 0 bridgehead atoms. The molecule has 1 unspecified atom stereocenters. The molecule has 0 aliphatic carbocycles. The summed E-state index contributed by atoms with van der Waals surface area (Å²) < 4.78 is 0. The Morgan fingerprint density at radius 2 is 2.06 bits per heavy atom. The smallest absolute Gasteiger partial charge is 0.249 e. The van der Waals surface area contributed by atoms with Crippen molar-refractivity contribution in [3.63, 3.8) is 0 Å². The molecule has 2 amide bonds. The molecule has 1 fully saturated rings. The van der Waals surface area contributed by atoms with Crippen molar-refractivity contribution in [3.8, 4) is 0 Å². The zero-order valence-electron chi connectivity index (χ0n) is 11.0. The lowest BCUT2D eigenvalue weighted by atomic mass is 9.88. The first-order valence-electron chi connectivity index (χ1n) is 6.23. The molecule has 1 aliphatic heterocycles. The van der Waals surface area contributed by atoms with Gasteiger partial charge in [-0.1, -0.05) is 19.9 Å². The van der Waals surface area contributed by atoms with Crippen molar-refractivity contribution >= 4 is 11.8 Å².